The highest BCUT2D eigenvalue weighted by molar-refractivity contribution is 7.81. The van der Waals surface area contributed by atoms with Crippen molar-refractivity contribution in [3.05, 3.63) is 53.1 Å². The largest absolute Gasteiger partial charge is 0.466 e. The number of nitrogens with zero attached hydrogens (tertiary/aromatic N) is 4. The molecule has 35 heavy (non-hydrogen) atoms. The number of rotatable bonds is 10. The fourth-order valence-electron chi connectivity index (χ4n) is 4.42. The number of Topliss-reactive ketones (excluding diaryl/α,β-unsaturated/α-hetero) is 1. The first-order valence-corrected chi connectivity index (χ1v) is 12.4. The van der Waals surface area contributed by atoms with Gasteiger partial charge in [-0.3, -0.25) is 14.5 Å². The molecule has 7 nitrogen and oxygen atoms in total. The van der Waals surface area contributed by atoms with Gasteiger partial charge in [0.2, 0.25) is 0 Å². The molecule has 4 rings (SSSR count). The Kier molecular flexibility index (Phi) is 9.89. The Hall–Kier alpha value is -2.23. The standard InChI is InChI=1S/C25H31FN4O3S.ClH/c1-2-33-23(31)8-5-12-30-19(15-27-28-30)14-18-16-29(13-11-22(18)34)24(25(32)17-9-10-17)20-6-3-4-7-21(20)26;/h3-4,6-7,14-15,17,22,24,34H,2,5,8-13,16H2,1H3;1H. The van der Waals surface area contributed by atoms with E-state index in [9.17, 15) is 14.0 Å². The second kappa shape index (κ2) is 12.6. The molecule has 2 aromatic rings. The lowest BCUT2D eigenvalue weighted by molar-refractivity contribution is -0.143. The van der Waals surface area contributed by atoms with Gasteiger partial charge in [0.25, 0.3) is 0 Å². The molecule has 190 valence electrons. The lowest BCUT2D eigenvalue weighted by Gasteiger charge is -2.37. The van der Waals surface area contributed by atoms with Crippen molar-refractivity contribution in [2.24, 2.45) is 5.92 Å². The Morgan fingerprint density at radius 3 is 2.77 bits per heavy atom. The van der Waals surface area contributed by atoms with Crippen LogP contribution in [0.3, 0.4) is 0 Å². The van der Waals surface area contributed by atoms with Gasteiger partial charge in [-0.1, -0.05) is 23.4 Å². The molecule has 0 amide bonds. The van der Waals surface area contributed by atoms with Gasteiger partial charge in [-0.25, -0.2) is 9.07 Å². The molecular weight excluding hydrogens is 491 g/mol. The number of hydrogen-bond donors (Lipinski definition) is 1. The minimum Gasteiger partial charge on any atom is -0.466 e. The van der Waals surface area contributed by atoms with Crippen LogP contribution in [-0.2, 0) is 20.9 Å². The van der Waals surface area contributed by atoms with E-state index < -0.39 is 6.04 Å². The maximum absolute atomic E-state index is 14.7. The summed E-state index contributed by atoms with van der Waals surface area (Å²) < 4.78 is 21.5. The molecule has 2 unspecified atom stereocenters. The van der Waals surface area contributed by atoms with Gasteiger partial charge in [-0.2, -0.15) is 12.6 Å². The van der Waals surface area contributed by atoms with Crippen molar-refractivity contribution in [3.63, 3.8) is 0 Å². The fraction of sp³-hybridized carbons (Fsp3) is 0.520. The molecule has 2 fully saturated rings. The number of esters is 1. The van der Waals surface area contributed by atoms with Crippen LogP contribution in [0, 0.1) is 11.7 Å². The van der Waals surface area contributed by atoms with Crippen molar-refractivity contribution in [2.45, 2.75) is 56.9 Å². The van der Waals surface area contributed by atoms with E-state index in [1.54, 1.807) is 36.0 Å². The zero-order valence-corrected chi connectivity index (χ0v) is 21.5. The van der Waals surface area contributed by atoms with Crippen LogP contribution in [0.5, 0.6) is 0 Å². The summed E-state index contributed by atoms with van der Waals surface area (Å²) in [7, 11) is 0. The van der Waals surface area contributed by atoms with Crippen LogP contribution in [0.25, 0.3) is 6.08 Å². The van der Waals surface area contributed by atoms with Crippen molar-refractivity contribution >= 4 is 42.9 Å². The van der Waals surface area contributed by atoms with E-state index in [1.807, 2.05) is 6.08 Å². The van der Waals surface area contributed by atoms with Gasteiger partial charge in [0.15, 0.2) is 5.78 Å². The zero-order chi connectivity index (χ0) is 24.1. The second-order valence-electron chi connectivity index (χ2n) is 8.89. The summed E-state index contributed by atoms with van der Waals surface area (Å²) in [6, 6.07) is 5.99. The number of aryl methyl sites for hydroxylation is 1. The van der Waals surface area contributed by atoms with Crippen LogP contribution < -0.4 is 0 Å². The number of likely N-dealkylation sites (tertiary alicyclic amines) is 1. The van der Waals surface area contributed by atoms with Gasteiger partial charge >= 0.3 is 5.97 Å². The quantitative estimate of drug-likeness (QED) is 0.370. The minimum atomic E-state index is -0.592. The third-order valence-electron chi connectivity index (χ3n) is 6.35. The third-order valence-corrected chi connectivity index (χ3v) is 6.94. The predicted molar refractivity (Wildman–Crippen MR) is 137 cm³/mol. The zero-order valence-electron chi connectivity index (χ0n) is 19.8. The molecule has 1 aromatic heterocycles. The summed E-state index contributed by atoms with van der Waals surface area (Å²) in [5.41, 5.74) is 2.30. The number of benzene rings is 1. The summed E-state index contributed by atoms with van der Waals surface area (Å²) in [6.45, 7) is 3.88. The van der Waals surface area contributed by atoms with Gasteiger partial charge in [-0.05, 0) is 50.3 Å². The molecule has 0 N–H and O–H groups in total. The molecule has 2 aliphatic rings. The molecular formula is C25H32ClFN4O3S. The molecule has 1 saturated heterocycles. The highest BCUT2D eigenvalue weighted by Crippen LogP contribution is 2.39. The average Bonchev–Trinajstić information content (AvgIpc) is 3.58. The maximum atomic E-state index is 14.7. The number of carbonyl (C=O) groups excluding carboxylic acids is 2. The number of ether oxygens (including phenoxy) is 1. The van der Waals surface area contributed by atoms with E-state index in [0.717, 1.165) is 30.5 Å². The number of thiol groups is 1. The van der Waals surface area contributed by atoms with Crippen molar-refractivity contribution in [3.8, 4) is 0 Å². The first-order valence-electron chi connectivity index (χ1n) is 11.9. The van der Waals surface area contributed by atoms with Crippen molar-refractivity contribution < 1.29 is 18.7 Å². The highest BCUT2D eigenvalue weighted by Gasteiger charge is 2.40. The maximum Gasteiger partial charge on any atom is 0.305 e. The predicted octanol–water partition coefficient (Wildman–Crippen LogP) is 4.29. The Balaban J connectivity index is 0.00000342. The normalized spacial score (nSPS) is 20.3. The lowest BCUT2D eigenvalue weighted by atomic mass is 9.93. The topological polar surface area (TPSA) is 77.3 Å². The van der Waals surface area contributed by atoms with Crippen LogP contribution in [0.4, 0.5) is 4.39 Å². The van der Waals surface area contributed by atoms with Gasteiger partial charge < -0.3 is 4.74 Å². The van der Waals surface area contributed by atoms with Crippen LogP contribution in [0.15, 0.2) is 36.0 Å². The summed E-state index contributed by atoms with van der Waals surface area (Å²) >= 11 is 4.78. The molecule has 1 saturated carbocycles. The van der Waals surface area contributed by atoms with E-state index in [1.165, 1.54) is 6.07 Å². The summed E-state index contributed by atoms with van der Waals surface area (Å²) in [6.07, 6.45) is 7.12. The lowest BCUT2D eigenvalue weighted by Crippen LogP contribution is -2.42. The summed E-state index contributed by atoms with van der Waals surface area (Å²) in [4.78, 5) is 26.9. The molecule has 1 aromatic carbocycles. The van der Waals surface area contributed by atoms with Crippen molar-refractivity contribution in [1.29, 1.82) is 0 Å². The number of carbonyl (C=O) groups is 2. The number of halogens is 2. The molecule has 0 radical (unpaired) electrons. The fourth-order valence-corrected chi connectivity index (χ4v) is 4.69. The Morgan fingerprint density at radius 2 is 2.06 bits per heavy atom. The Bertz CT molecular complexity index is 1060. The first-order chi connectivity index (χ1) is 16.5. The SMILES string of the molecule is CCOC(=O)CCCn1nncc1C=C1CN(C(C(=O)C2CC2)c2ccccc2F)CCC1S.Cl. The van der Waals surface area contributed by atoms with E-state index in [2.05, 4.69) is 15.2 Å². The smallest absolute Gasteiger partial charge is 0.305 e. The van der Waals surface area contributed by atoms with Crippen molar-refractivity contribution in [2.75, 3.05) is 19.7 Å². The highest BCUT2D eigenvalue weighted by atomic mass is 35.5. The van der Waals surface area contributed by atoms with Gasteiger partial charge in [0, 0.05) is 42.8 Å². The number of piperidine rings is 1. The van der Waals surface area contributed by atoms with E-state index in [0.29, 0.717) is 44.6 Å². The number of ketones is 1. The van der Waals surface area contributed by atoms with E-state index in [-0.39, 0.29) is 41.1 Å². The van der Waals surface area contributed by atoms with Gasteiger partial charge in [0.05, 0.1) is 24.5 Å². The third kappa shape index (κ3) is 6.92. The van der Waals surface area contributed by atoms with Crippen LogP contribution >= 0.6 is 25.0 Å². The van der Waals surface area contributed by atoms with Crippen LogP contribution in [0.1, 0.15) is 56.3 Å². The van der Waals surface area contributed by atoms with Crippen LogP contribution in [-0.4, -0.2) is 56.6 Å². The Labute approximate surface area is 216 Å². The summed E-state index contributed by atoms with van der Waals surface area (Å²) in [5, 5.41) is 8.20. The Morgan fingerprint density at radius 1 is 1.29 bits per heavy atom. The molecule has 2 heterocycles. The molecule has 1 aliphatic carbocycles. The second-order valence-corrected chi connectivity index (χ2v) is 9.51. The first kappa shape index (κ1) is 27.4. The van der Waals surface area contributed by atoms with Crippen molar-refractivity contribution in [1.82, 2.24) is 19.9 Å². The monoisotopic (exact) mass is 522 g/mol. The van der Waals surface area contributed by atoms with Gasteiger partial charge in [-0.15, -0.1) is 17.5 Å². The van der Waals surface area contributed by atoms with E-state index in [4.69, 9.17) is 17.4 Å². The average molecular weight is 523 g/mol. The van der Waals surface area contributed by atoms with Crippen LogP contribution in [0.2, 0.25) is 0 Å². The summed E-state index contributed by atoms with van der Waals surface area (Å²) in [5.74, 6) is -0.437. The minimum absolute atomic E-state index is 0. The molecule has 1 aliphatic heterocycles. The molecule has 0 bridgehead atoms. The van der Waals surface area contributed by atoms with E-state index >= 15 is 0 Å². The number of aromatic nitrogens is 3. The molecule has 2 atom stereocenters. The molecule has 10 heteroatoms. The number of hydrogen-bond acceptors (Lipinski definition) is 7. The van der Waals surface area contributed by atoms with Gasteiger partial charge in [0.1, 0.15) is 5.82 Å². The molecule has 0 spiro atoms.